The van der Waals surface area contributed by atoms with E-state index in [1.165, 1.54) is 12.8 Å². The highest BCUT2D eigenvalue weighted by molar-refractivity contribution is 6.42. The summed E-state index contributed by atoms with van der Waals surface area (Å²) in [4.78, 5) is 2.32. The zero-order valence-electron chi connectivity index (χ0n) is 10.3. The van der Waals surface area contributed by atoms with Crippen LogP contribution >= 0.6 is 23.2 Å². The molecule has 0 unspecified atom stereocenters. The van der Waals surface area contributed by atoms with Crippen molar-refractivity contribution in [3.05, 3.63) is 33.8 Å². The van der Waals surface area contributed by atoms with Gasteiger partial charge in [-0.25, -0.2) is 0 Å². The Hall–Kier alpha value is -0.280. The van der Waals surface area contributed by atoms with Gasteiger partial charge in [0.15, 0.2) is 0 Å². The minimum atomic E-state index is 0.618. The zero-order chi connectivity index (χ0) is 12.7. The Morgan fingerprint density at radius 1 is 1.24 bits per heavy atom. The van der Waals surface area contributed by atoms with E-state index in [-0.39, 0.29) is 0 Å². The Bertz CT molecular complexity index is 342. The molecule has 0 amide bonds. The molecule has 1 aromatic carbocycles. The molecule has 1 rings (SSSR count). The first kappa shape index (κ1) is 14.8. The summed E-state index contributed by atoms with van der Waals surface area (Å²) in [5.74, 6) is 0. The highest BCUT2D eigenvalue weighted by atomic mass is 35.5. The molecule has 0 radical (unpaired) electrons. The van der Waals surface area contributed by atoms with Crippen LogP contribution in [0.4, 0.5) is 0 Å². The molecule has 17 heavy (non-hydrogen) atoms. The van der Waals surface area contributed by atoms with Crippen LogP contribution in [0, 0.1) is 0 Å². The minimum absolute atomic E-state index is 0.618. The largest absolute Gasteiger partial charge is 0.329 e. The maximum Gasteiger partial charge on any atom is 0.0637 e. The summed E-state index contributed by atoms with van der Waals surface area (Å²) in [6.45, 7) is 5.62. The van der Waals surface area contributed by atoms with Crippen molar-refractivity contribution in [2.45, 2.75) is 26.3 Å². The van der Waals surface area contributed by atoms with Gasteiger partial charge in [0.25, 0.3) is 0 Å². The summed E-state index contributed by atoms with van der Waals surface area (Å²) in [5, 5.41) is 1.28. The SMILES string of the molecule is CCCCN(CCN)Cc1cccc(Cl)c1Cl. The molecule has 0 saturated carbocycles. The number of nitrogens with two attached hydrogens (primary N) is 1. The summed E-state index contributed by atoms with van der Waals surface area (Å²) < 4.78 is 0. The van der Waals surface area contributed by atoms with Crippen LogP contribution < -0.4 is 5.73 Å². The van der Waals surface area contributed by atoms with Crippen LogP contribution in [0.1, 0.15) is 25.3 Å². The van der Waals surface area contributed by atoms with Crippen LogP contribution in [-0.4, -0.2) is 24.5 Å². The summed E-state index contributed by atoms with van der Waals surface area (Å²) in [5.41, 5.74) is 6.69. The van der Waals surface area contributed by atoms with E-state index in [1.807, 2.05) is 18.2 Å². The van der Waals surface area contributed by atoms with Gasteiger partial charge in [-0.1, -0.05) is 48.7 Å². The van der Waals surface area contributed by atoms with E-state index >= 15 is 0 Å². The molecule has 0 aliphatic carbocycles. The first-order valence-corrected chi connectivity index (χ1v) is 6.80. The van der Waals surface area contributed by atoms with Crippen molar-refractivity contribution in [3.63, 3.8) is 0 Å². The van der Waals surface area contributed by atoms with Crippen molar-refractivity contribution in [1.29, 1.82) is 0 Å². The fraction of sp³-hybridized carbons (Fsp3) is 0.538. The molecule has 1 aromatic rings. The normalized spacial score (nSPS) is 11.1. The first-order valence-electron chi connectivity index (χ1n) is 6.04. The number of nitrogens with zero attached hydrogens (tertiary/aromatic N) is 1. The maximum absolute atomic E-state index is 6.18. The van der Waals surface area contributed by atoms with Gasteiger partial charge in [-0.15, -0.1) is 0 Å². The van der Waals surface area contributed by atoms with Crippen LogP contribution in [0.2, 0.25) is 10.0 Å². The van der Waals surface area contributed by atoms with Crippen molar-refractivity contribution < 1.29 is 0 Å². The molecule has 0 atom stereocenters. The van der Waals surface area contributed by atoms with Gasteiger partial charge in [0.05, 0.1) is 10.0 Å². The van der Waals surface area contributed by atoms with Gasteiger partial charge in [0, 0.05) is 19.6 Å². The second-order valence-corrected chi connectivity index (χ2v) is 4.92. The smallest absolute Gasteiger partial charge is 0.0637 e. The third kappa shape index (κ3) is 4.84. The predicted octanol–water partition coefficient (Wildman–Crippen LogP) is 3.55. The lowest BCUT2D eigenvalue weighted by molar-refractivity contribution is 0.268. The zero-order valence-corrected chi connectivity index (χ0v) is 11.8. The number of halogens is 2. The summed E-state index contributed by atoms with van der Waals surface area (Å²) in [6.07, 6.45) is 2.36. The van der Waals surface area contributed by atoms with Crippen molar-refractivity contribution in [2.75, 3.05) is 19.6 Å². The summed E-state index contributed by atoms with van der Waals surface area (Å²) in [7, 11) is 0. The molecule has 0 saturated heterocycles. The number of rotatable bonds is 7. The first-order chi connectivity index (χ1) is 8.19. The molecular formula is C13H20Cl2N2. The Morgan fingerprint density at radius 2 is 2.00 bits per heavy atom. The van der Waals surface area contributed by atoms with Crippen LogP contribution in [0.5, 0.6) is 0 Å². The van der Waals surface area contributed by atoms with Crippen molar-refractivity contribution in [3.8, 4) is 0 Å². The molecule has 0 aliphatic rings. The van der Waals surface area contributed by atoms with E-state index in [0.29, 0.717) is 16.6 Å². The second-order valence-electron chi connectivity index (χ2n) is 4.13. The topological polar surface area (TPSA) is 29.3 Å². The van der Waals surface area contributed by atoms with E-state index in [0.717, 1.165) is 25.2 Å². The van der Waals surface area contributed by atoms with Gasteiger partial charge < -0.3 is 5.73 Å². The Labute approximate surface area is 114 Å². The van der Waals surface area contributed by atoms with Gasteiger partial charge in [-0.3, -0.25) is 4.90 Å². The molecule has 2 nitrogen and oxygen atoms in total. The van der Waals surface area contributed by atoms with Crippen LogP contribution in [0.25, 0.3) is 0 Å². The van der Waals surface area contributed by atoms with Gasteiger partial charge in [-0.2, -0.15) is 0 Å². The van der Waals surface area contributed by atoms with Gasteiger partial charge in [0.2, 0.25) is 0 Å². The Kier molecular flexibility index (Phi) is 6.90. The average Bonchev–Trinajstić information content (AvgIpc) is 2.32. The molecular weight excluding hydrogens is 255 g/mol. The summed E-state index contributed by atoms with van der Waals surface area (Å²) >= 11 is 12.2. The quantitative estimate of drug-likeness (QED) is 0.824. The highest BCUT2D eigenvalue weighted by Gasteiger charge is 2.09. The molecule has 96 valence electrons. The number of unbranched alkanes of at least 4 members (excludes halogenated alkanes) is 1. The van der Waals surface area contributed by atoms with Gasteiger partial charge >= 0.3 is 0 Å². The van der Waals surface area contributed by atoms with E-state index in [2.05, 4.69) is 11.8 Å². The Morgan fingerprint density at radius 3 is 2.65 bits per heavy atom. The average molecular weight is 275 g/mol. The highest BCUT2D eigenvalue weighted by Crippen LogP contribution is 2.26. The molecule has 0 aromatic heterocycles. The van der Waals surface area contributed by atoms with Gasteiger partial charge in [-0.05, 0) is 24.6 Å². The molecule has 0 spiro atoms. The van der Waals surface area contributed by atoms with Crippen LogP contribution in [0.3, 0.4) is 0 Å². The van der Waals surface area contributed by atoms with Crippen molar-refractivity contribution in [2.24, 2.45) is 5.73 Å². The number of hydrogen-bond donors (Lipinski definition) is 1. The minimum Gasteiger partial charge on any atom is -0.329 e. The molecule has 0 bridgehead atoms. The lowest BCUT2D eigenvalue weighted by Gasteiger charge is -2.22. The second kappa shape index (κ2) is 7.93. The fourth-order valence-electron chi connectivity index (χ4n) is 1.75. The monoisotopic (exact) mass is 274 g/mol. The molecule has 0 heterocycles. The van der Waals surface area contributed by atoms with Crippen LogP contribution in [-0.2, 0) is 6.54 Å². The number of benzene rings is 1. The molecule has 4 heteroatoms. The lowest BCUT2D eigenvalue weighted by atomic mass is 10.2. The predicted molar refractivity (Wildman–Crippen MR) is 75.7 cm³/mol. The summed E-state index contributed by atoms with van der Waals surface area (Å²) in [6, 6.07) is 5.76. The standard InChI is InChI=1S/C13H20Cl2N2/c1-2-3-8-17(9-7-16)10-11-5-4-6-12(14)13(11)15/h4-6H,2-3,7-10,16H2,1H3. The van der Waals surface area contributed by atoms with E-state index in [9.17, 15) is 0 Å². The van der Waals surface area contributed by atoms with E-state index in [1.54, 1.807) is 0 Å². The van der Waals surface area contributed by atoms with Crippen molar-refractivity contribution in [1.82, 2.24) is 4.90 Å². The molecule has 0 aliphatic heterocycles. The molecule has 0 fully saturated rings. The lowest BCUT2D eigenvalue weighted by Crippen LogP contribution is -2.30. The third-order valence-corrected chi connectivity index (χ3v) is 3.56. The van der Waals surface area contributed by atoms with E-state index < -0.39 is 0 Å². The van der Waals surface area contributed by atoms with Crippen molar-refractivity contribution >= 4 is 23.2 Å². The maximum atomic E-state index is 6.18. The third-order valence-electron chi connectivity index (χ3n) is 2.70. The van der Waals surface area contributed by atoms with Gasteiger partial charge in [0.1, 0.15) is 0 Å². The van der Waals surface area contributed by atoms with Crippen LogP contribution in [0.15, 0.2) is 18.2 Å². The molecule has 2 N–H and O–H groups in total. The number of hydrogen-bond acceptors (Lipinski definition) is 2. The van der Waals surface area contributed by atoms with E-state index in [4.69, 9.17) is 28.9 Å². The fourth-order valence-corrected chi connectivity index (χ4v) is 2.13. The Balaban J connectivity index is 2.67.